The maximum absolute atomic E-state index is 12.9. The molecule has 1 amide bonds. The summed E-state index contributed by atoms with van der Waals surface area (Å²) < 4.78 is 23.5. The fraction of sp³-hybridized carbons (Fsp3) is 0.111. The Kier molecular flexibility index (Phi) is 4.94. The van der Waals surface area contributed by atoms with Crippen molar-refractivity contribution in [2.24, 2.45) is 0 Å². The molecule has 3 rings (SSSR count). The third kappa shape index (κ3) is 4.14. The third-order valence-corrected chi connectivity index (χ3v) is 3.48. The summed E-state index contributed by atoms with van der Waals surface area (Å²) in [4.78, 5) is 15.8. The van der Waals surface area contributed by atoms with Gasteiger partial charge in [0.15, 0.2) is 12.2 Å². The molecule has 128 valence electrons. The number of aromatic nitrogens is 1. The van der Waals surface area contributed by atoms with Crippen LogP contribution >= 0.6 is 0 Å². The number of nitrogens with one attached hydrogen (secondary N) is 2. The number of benzene rings is 2. The number of ether oxygens (including phenoxy) is 1. The van der Waals surface area contributed by atoms with Gasteiger partial charge in [-0.3, -0.25) is 4.79 Å². The number of halogens is 1. The number of anilines is 2. The van der Waals surface area contributed by atoms with Crippen LogP contribution in [0, 0.1) is 5.82 Å². The molecule has 0 saturated carbocycles. The average Bonchev–Trinajstić information content (AvgIpc) is 3.16. The summed E-state index contributed by atoms with van der Waals surface area (Å²) >= 11 is 0. The van der Waals surface area contributed by atoms with Crippen molar-refractivity contribution in [3.05, 3.63) is 60.9 Å². The minimum absolute atomic E-state index is 0.0577. The minimum atomic E-state index is -0.352. The van der Waals surface area contributed by atoms with Crippen LogP contribution in [-0.4, -0.2) is 24.5 Å². The highest BCUT2D eigenvalue weighted by atomic mass is 19.1. The molecule has 25 heavy (non-hydrogen) atoms. The Morgan fingerprint density at radius 1 is 1.20 bits per heavy atom. The van der Waals surface area contributed by atoms with E-state index >= 15 is 0 Å². The smallest absolute Gasteiger partial charge is 0.243 e. The van der Waals surface area contributed by atoms with E-state index in [9.17, 15) is 9.18 Å². The first kappa shape index (κ1) is 16.5. The SMILES string of the molecule is COc1cc(NCC(=O)Nc2ccc(F)cc2)ccc1-c1cnco1. The lowest BCUT2D eigenvalue weighted by Gasteiger charge is -2.11. The number of nitrogens with zero attached hydrogens (tertiary/aromatic N) is 1. The number of methoxy groups -OCH3 is 1. The molecule has 2 N–H and O–H groups in total. The standard InChI is InChI=1S/C18H16FN3O3/c1-24-16-8-14(6-7-15(16)17-9-20-11-25-17)21-10-18(23)22-13-4-2-12(19)3-5-13/h2-9,11,21H,10H2,1H3,(H,22,23). The first-order valence-electron chi connectivity index (χ1n) is 7.52. The van der Waals surface area contributed by atoms with Crippen LogP contribution in [0.4, 0.5) is 15.8 Å². The van der Waals surface area contributed by atoms with Gasteiger partial charge in [-0.15, -0.1) is 0 Å². The van der Waals surface area contributed by atoms with Gasteiger partial charge in [-0.1, -0.05) is 0 Å². The Labute approximate surface area is 143 Å². The Hall–Kier alpha value is -3.35. The molecule has 2 aromatic carbocycles. The molecular formula is C18H16FN3O3. The Morgan fingerprint density at radius 3 is 2.64 bits per heavy atom. The van der Waals surface area contributed by atoms with Crippen LogP contribution in [0.5, 0.6) is 5.75 Å². The maximum atomic E-state index is 12.9. The highest BCUT2D eigenvalue weighted by Crippen LogP contribution is 2.32. The summed E-state index contributed by atoms with van der Waals surface area (Å²) in [5, 5.41) is 5.69. The van der Waals surface area contributed by atoms with Crippen LogP contribution in [0.25, 0.3) is 11.3 Å². The van der Waals surface area contributed by atoms with E-state index in [1.165, 1.54) is 30.7 Å². The molecule has 0 spiro atoms. The summed E-state index contributed by atoms with van der Waals surface area (Å²) in [6, 6.07) is 11.0. The van der Waals surface area contributed by atoms with Crippen molar-refractivity contribution < 1.29 is 18.3 Å². The summed E-state index contributed by atoms with van der Waals surface area (Å²) in [6.07, 6.45) is 2.95. The van der Waals surface area contributed by atoms with E-state index in [4.69, 9.17) is 9.15 Å². The van der Waals surface area contributed by atoms with E-state index in [2.05, 4.69) is 15.6 Å². The number of carbonyl (C=O) groups excluding carboxylic acids is 1. The Balaban J connectivity index is 1.63. The maximum Gasteiger partial charge on any atom is 0.243 e. The predicted molar refractivity (Wildman–Crippen MR) is 92.0 cm³/mol. The first-order chi connectivity index (χ1) is 12.2. The summed E-state index contributed by atoms with van der Waals surface area (Å²) in [6.45, 7) is 0.0577. The van der Waals surface area contributed by atoms with Crippen molar-refractivity contribution in [2.45, 2.75) is 0 Å². The van der Waals surface area contributed by atoms with E-state index in [-0.39, 0.29) is 18.3 Å². The van der Waals surface area contributed by atoms with Gasteiger partial charge in [0.25, 0.3) is 0 Å². The molecule has 0 saturated heterocycles. The fourth-order valence-electron chi connectivity index (χ4n) is 2.27. The monoisotopic (exact) mass is 341 g/mol. The molecule has 0 bridgehead atoms. The lowest BCUT2D eigenvalue weighted by molar-refractivity contribution is -0.114. The van der Waals surface area contributed by atoms with E-state index in [1.807, 2.05) is 12.1 Å². The highest BCUT2D eigenvalue weighted by molar-refractivity contribution is 5.93. The van der Waals surface area contributed by atoms with Gasteiger partial charge in [-0.05, 0) is 36.4 Å². The summed E-state index contributed by atoms with van der Waals surface area (Å²) in [7, 11) is 1.56. The lowest BCUT2D eigenvalue weighted by Crippen LogP contribution is -2.21. The molecule has 0 atom stereocenters. The van der Waals surface area contributed by atoms with Crippen molar-refractivity contribution in [3.8, 4) is 17.1 Å². The zero-order valence-corrected chi connectivity index (χ0v) is 13.5. The van der Waals surface area contributed by atoms with Gasteiger partial charge in [0.05, 0.1) is 25.4 Å². The normalized spacial score (nSPS) is 10.3. The third-order valence-electron chi connectivity index (χ3n) is 3.48. The van der Waals surface area contributed by atoms with Crippen molar-refractivity contribution in [3.63, 3.8) is 0 Å². The summed E-state index contributed by atoms with van der Waals surface area (Å²) in [5.41, 5.74) is 2.02. The quantitative estimate of drug-likeness (QED) is 0.717. The first-order valence-corrected chi connectivity index (χ1v) is 7.52. The molecule has 0 aliphatic carbocycles. The fourth-order valence-corrected chi connectivity index (χ4v) is 2.27. The van der Waals surface area contributed by atoms with Crippen molar-refractivity contribution in [1.82, 2.24) is 4.98 Å². The number of rotatable bonds is 6. The van der Waals surface area contributed by atoms with E-state index in [1.54, 1.807) is 19.4 Å². The van der Waals surface area contributed by atoms with Crippen LogP contribution < -0.4 is 15.4 Å². The van der Waals surface area contributed by atoms with Crippen LogP contribution in [0.2, 0.25) is 0 Å². The summed E-state index contributed by atoms with van der Waals surface area (Å²) in [5.74, 6) is 0.595. The molecule has 0 fully saturated rings. The van der Waals surface area contributed by atoms with Crippen molar-refractivity contribution in [2.75, 3.05) is 24.3 Å². The van der Waals surface area contributed by atoms with Crippen molar-refractivity contribution in [1.29, 1.82) is 0 Å². The van der Waals surface area contributed by atoms with Crippen LogP contribution in [0.1, 0.15) is 0 Å². The second-order valence-corrected chi connectivity index (χ2v) is 5.19. The minimum Gasteiger partial charge on any atom is -0.496 e. The number of hydrogen-bond donors (Lipinski definition) is 2. The average molecular weight is 341 g/mol. The van der Waals surface area contributed by atoms with Crippen LogP contribution in [0.15, 0.2) is 59.5 Å². The van der Waals surface area contributed by atoms with Crippen LogP contribution in [-0.2, 0) is 4.79 Å². The molecule has 1 aromatic heterocycles. The van der Waals surface area contributed by atoms with Gasteiger partial charge in [-0.25, -0.2) is 9.37 Å². The van der Waals surface area contributed by atoms with E-state index in [0.717, 1.165) is 11.3 Å². The predicted octanol–water partition coefficient (Wildman–Crippen LogP) is 3.54. The van der Waals surface area contributed by atoms with E-state index < -0.39 is 0 Å². The second-order valence-electron chi connectivity index (χ2n) is 5.19. The molecule has 0 radical (unpaired) electrons. The number of oxazole rings is 1. The molecule has 1 heterocycles. The number of amides is 1. The Bertz CT molecular complexity index is 849. The topological polar surface area (TPSA) is 76.4 Å². The second kappa shape index (κ2) is 7.48. The molecule has 7 heteroatoms. The molecule has 3 aromatic rings. The molecule has 0 unspecified atom stereocenters. The van der Waals surface area contributed by atoms with Crippen molar-refractivity contribution >= 4 is 17.3 Å². The number of hydrogen-bond acceptors (Lipinski definition) is 5. The van der Waals surface area contributed by atoms with Crippen LogP contribution in [0.3, 0.4) is 0 Å². The molecular weight excluding hydrogens is 325 g/mol. The number of carbonyl (C=O) groups is 1. The van der Waals surface area contributed by atoms with Gasteiger partial charge in [-0.2, -0.15) is 0 Å². The van der Waals surface area contributed by atoms with Gasteiger partial charge in [0, 0.05) is 17.4 Å². The Morgan fingerprint density at radius 2 is 1.96 bits per heavy atom. The molecule has 0 aliphatic heterocycles. The van der Waals surface area contributed by atoms with Gasteiger partial charge in [0.1, 0.15) is 11.6 Å². The highest BCUT2D eigenvalue weighted by Gasteiger charge is 2.10. The van der Waals surface area contributed by atoms with Gasteiger partial charge < -0.3 is 19.8 Å². The zero-order chi connectivity index (χ0) is 17.6. The largest absolute Gasteiger partial charge is 0.496 e. The van der Waals surface area contributed by atoms with Gasteiger partial charge >= 0.3 is 0 Å². The zero-order valence-electron chi connectivity index (χ0n) is 13.5. The van der Waals surface area contributed by atoms with E-state index in [0.29, 0.717) is 17.2 Å². The lowest BCUT2D eigenvalue weighted by atomic mass is 10.1. The molecule has 6 nitrogen and oxygen atoms in total. The molecule has 0 aliphatic rings. The van der Waals surface area contributed by atoms with Gasteiger partial charge in [0.2, 0.25) is 5.91 Å².